The maximum atomic E-state index is 12.7. The van der Waals surface area contributed by atoms with Crippen LogP contribution in [0, 0.1) is 0 Å². The Morgan fingerprint density at radius 1 is 0.969 bits per heavy atom. The Labute approximate surface area is 184 Å². The molecule has 0 bridgehead atoms. The summed E-state index contributed by atoms with van der Waals surface area (Å²) in [7, 11) is 3.05. The van der Waals surface area contributed by atoms with Crippen LogP contribution in [0.1, 0.15) is 11.5 Å². The van der Waals surface area contributed by atoms with Gasteiger partial charge in [-0.1, -0.05) is 29.4 Å². The monoisotopic (exact) mass is 431 g/mol. The fourth-order valence-corrected chi connectivity index (χ4v) is 3.16. The van der Waals surface area contributed by atoms with E-state index in [2.05, 4.69) is 25.8 Å². The van der Waals surface area contributed by atoms with E-state index >= 15 is 0 Å². The number of rotatable bonds is 7. The minimum absolute atomic E-state index is 0.353. The largest absolute Gasteiger partial charge is 0.493 e. The average molecular weight is 431 g/mol. The number of para-hydroxylation sites is 2. The van der Waals surface area contributed by atoms with Crippen LogP contribution in [-0.2, 0) is 6.42 Å². The van der Waals surface area contributed by atoms with Gasteiger partial charge in [-0.2, -0.15) is 4.98 Å². The van der Waals surface area contributed by atoms with Crippen molar-refractivity contribution in [1.29, 1.82) is 0 Å². The fraction of sp³-hybridized carbons (Fsp3) is 0.130. The van der Waals surface area contributed by atoms with E-state index in [9.17, 15) is 4.79 Å². The predicted molar refractivity (Wildman–Crippen MR) is 119 cm³/mol. The highest BCUT2D eigenvalue weighted by atomic mass is 16.5. The van der Waals surface area contributed by atoms with Gasteiger partial charge in [0.2, 0.25) is 11.7 Å². The number of carbonyl (C=O) groups is 1. The summed E-state index contributed by atoms with van der Waals surface area (Å²) in [5.41, 5.74) is 2.69. The van der Waals surface area contributed by atoms with E-state index in [-0.39, 0.29) is 0 Å². The van der Waals surface area contributed by atoms with E-state index in [1.165, 1.54) is 14.2 Å². The molecule has 32 heavy (non-hydrogen) atoms. The number of ether oxygens (including phenoxy) is 2. The molecule has 2 aromatic heterocycles. The van der Waals surface area contributed by atoms with E-state index in [1.807, 2.05) is 24.3 Å². The molecule has 0 atom stereocenters. The van der Waals surface area contributed by atoms with Gasteiger partial charge in [-0.25, -0.2) is 4.79 Å². The summed E-state index contributed by atoms with van der Waals surface area (Å²) in [5.74, 6) is 1.84. The maximum absolute atomic E-state index is 12.7. The first-order valence-electron chi connectivity index (χ1n) is 9.78. The van der Waals surface area contributed by atoms with Gasteiger partial charge < -0.3 is 24.6 Å². The summed E-state index contributed by atoms with van der Waals surface area (Å²) >= 11 is 0. The van der Waals surface area contributed by atoms with Gasteiger partial charge in [-0.15, -0.1) is 0 Å². The molecule has 162 valence electrons. The van der Waals surface area contributed by atoms with E-state index < -0.39 is 6.03 Å². The van der Waals surface area contributed by atoms with Crippen LogP contribution in [0.5, 0.6) is 11.5 Å². The van der Waals surface area contributed by atoms with Crippen molar-refractivity contribution < 1.29 is 18.8 Å². The van der Waals surface area contributed by atoms with Crippen molar-refractivity contribution in [2.45, 2.75) is 6.42 Å². The molecule has 4 aromatic rings. The molecular formula is C23H21N5O4. The van der Waals surface area contributed by atoms with E-state index in [0.29, 0.717) is 41.0 Å². The second-order valence-corrected chi connectivity index (χ2v) is 6.71. The Hall–Kier alpha value is -4.40. The highest BCUT2D eigenvalue weighted by Crippen LogP contribution is 2.34. The molecule has 2 amide bonds. The third-order valence-electron chi connectivity index (χ3n) is 4.65. The number of amides is 2. The van der Waals surface area contributed by atoms with E-state index in [0.717, 1.165) is 11.1 Å². The molecule has 0 saturated carbocycles. The van der Waals surface area contributed by atoms with Gasteiger partial charge in [0.05, 0.1) is 26.3 Å². The molecule has 2 aromatic carbocycles. The number of nitrogens with one attached hydrogen (secondary N) is 2. The van der Waals surface area contributed by atoms with Crippen LogP contribution in [-0.4, -0.2) is 35.4 Å². The van der Waals surface area contributed by atoms with Crippen molar-refractivity contribution in [2.75, 3.05) is 24.9 Å². The number of benzene rings is 2. The van der Waals surface area contributed by atoms with Crippen LogP contribution in [0.15, 0.2) is 71.5 Å². The summed E-state index contributed by atoms with van der Waals surface area (Å²) < 4.78 is 16.0. The molecule has 0 unspecified atom stereocenters. The highest BCUT2D eigenvalue weighted by Gasteiger charge is 2.15. The molecule has 2 heterocycles. The smallest absolute Gasteiger partial charge is 0.323 e. The third-order valence-corrected chi connectivity index (χ3v) is 4.65. The van der Waals surface area contributed by atoms with Crippen molar-refractivity contribution in [3.8, 4) is 22.9 Å². The summed E-state index contributed by atoms with van der Waals surface area (Å²) in [4.78, 5) is 21.2. The van der Waals surface area contributed by atoms with Crippen LogP contribution >= 0.6 is 0 Å². The molecule has 0 aliphatic rings. The topological polar surface area (TPSA) is 111 Å². The molecular weight excluding hydrogens is 410 g/mol. The van der Waals surface area contributed by atoms with Crippen LogP contribution in [0.3, 0.4) is 0 Å². The molecule has 4 rings (SSSR count). The zero-order valence-corrected chi connectivity index (χ0v) is 17.5. The zero-order chi connectivity index (χ0) is 22.3. The van der Waals surface area contributed by atoms with Gasteiger partial charge in [0, 0.05) is 23.6 Å². The fourth-order valence-electron chi connectivity index (χ4n) is 3.16. The van der Waals surface area contributed by atoms with Crippen molar-refractivity contribution in [3.05, 3.63) is 78.4 Å². The minimum Gasteiger partial charge on any atom is -0.493 e. The van der Waals surface area contributed by atoms with Gasteiger partial charge in [-0.05, 0) is 35.9 Å². The zero-order valence-electron chi connectivity index (χ0n) is 17.5. The number of carbonyl (C=O) groups excluding carboxylic acids is 1. The molecule has 2 N–H and O–H groups in total. The molecule has 0 spiro atoms. The van der Waals surface area contributed by atoms with Gasteiger partial charge in [-0.3, -0.25) is 4.98 Å². The Morgan fingerprint density at radius 3 is 2.56 bits per heavy atom. The number of nitrogens with zero attached hydrogens (tertiary/aromatic N) is 3. The van der Waals surface area contributed by atoms with Crippen LogP contribution in [0.4, 0.5) is 16.2 Å². The van der Waals surface area contributed by atoms with Gasteiger partial charge in [0.1, 0.15) is 0 Å². The van der Waals surface area contributed by atoms with Crippen LogP contribution in [0.2, 0.25) is 0 Å². The normalized spacial score (nSPS) is 10.4. The molecule has 9 nitrogen and oxygen atoms in total. The number of hydrogen-bond donors (Lipinski definition) is 2. The molecule has 0 aliphatic carbocycles. The summed E-state index contributed by atoms with van der Waals surface area (Å²) in [6.45, 7) is 0. The van der Waals surface area contributed by atoms with E-state index in [1.54, 1.807) is 42.7 Å². The Bertz CT molecular complexity index is 1210. The summed E-state index contributed by atoms with van der Waals surface area (Å²) in [5, 5.41) is 9.66. The van der Waals surface area contributed by atoms with Gasteiger partial charge in [0.25, 0.3) is 0 Å². The molecule has 0 radical (unpaired) electrons. The van der Waals surface area contributed by atoms with Crippen LogP contribution < -0.4 is 20.1 Å². The van der Waals surface area contributed by atoms with Crippen molar-refractivity contribution in [2.24, 2.45) is 0 Å². The number of methoxy groups -OCH3 is 2. The van der Waals surface area contributed by atoms with Crippen LogP contribution in [0.25, 0.3) is 11.4 Å². The maximum Gasteiger partial charge on any atom is 0.323 e. The predicted octanol–water partition coefficient (Wildman–Crippen LogP) is 4.38. The first-order valence-corrected chi connectivity index (χ1v) is 9.78. The quantitative estimate of drug-likeness (QED) is 0.446. The number of aromatic nitrogens is 3. The first-order chi connectivity index (χ1) is 15.7. The van der Waals surface area contributed by atoms with Crippen molar-refractivity contribution in [3.63, 3.8) is 0 Å². The number of pyridine rings is 1. The third kappa shape index (κ3) is 4.67. The number of urea groups is 1. The van der Waals surface area contributed by atoms with Gasteiger partial charge >= 0.3 is 6.03 Å². The lowest BCUT2D eigenvalue weighted by Gasteiger charge is -2.15. The second-order valence-electron chi connectivity index (χ2n) is 6.71. The Morgan fingerprint density at radius 2 is 1.78 bits per heavy atom. The number of hydrogen-bond acceptors (Lipinski definition) is 7. The second kappa shape index (κ2) is 9.61. The Balaban J connectivity index is 1.49. The minimum atomic E-state index is -0.425. The first kappa shape index (κ1) is 20.9. The van der Waals surface area contributed by atoms with Crippen molar-refractivity contribution >= 4 is 17.4 Å². The lowest BCUT2D eigenvalue weighted by atomic mass is 10.1. The molecule has 0 saturated heterocycles. The summed E-state index contributed by atoms with van der Waals surface area (Å²) in [6, 6.07) is 15.9. The molecule has 0 aliphatic heterocycles. The standard InChI is InChI=1S/C23H21N5O4/c1-30-19-11-5-10-18(21(19)31-2)26-23(29)25-17-9-4-3-7-15(17)13-20-27-22(28-32-20)16-8-6-12-24-14-16/h3-12,14H,13H2,1-2H3,(H2,25,26,29). The lowest BCUT2D eigenvalue weighted by molar-refractivity contribution is 0.262. The average Bonchev–Trinajstić information content (AvgIpc) is 3.29. The number of anilines is 2. The van der Waals surface area contributed by atoms with Gasteiger partial charge in [0.15, 0.2) is 11.5 Å². The SMILES string of the molecule is COc1cccc(NC(=O)Nc2ccccc2Cc2nc(-c3cccnc3)no2)c1OC. The molecule has 9 heteroatoms. The Kier molecular flexibility index (Phi) is 6.26. The molecule has 0 fully saturated rings. The van der Waals surface area contributed by atoms with E-state index in [4.69, 9.17) is 14.0 Å². The lowest BCUT2D eigenvalue weighted by Crippen LogP contribution is -2.20. The summed E-state index contributed by atoms with van der Waals surface area (Å²) in [6.07, 6.45) is 3.70. The highest BCUT2D eigenvalue weighted by molar-refractivity contribution is 6.01. The van der Waals surface area contributed by atoms with Crippen molar-refractivity contribution in [1.82, 2.24) is 15.1 Å².